The van der Waals surface area contributed by atoms with E-state index in [2.05, 4.69) is 10.3 Å². The summed E-state index contributed by atoms with van der Waals surface area (Å²) < 4.78 is 0. The Bertz CT molecular complexity index is 1250. The molecule has 0 saturated carbocycles. The number of amides is 1. The van der Waals surface area contributed by atoms with Gasteiger partial charge >= 0.3 is 0 Å². The number of carbonyl (C=O) groups excluding carboxylic acids is 2. The first-order valence-corrected chi connectivity index (χ1v) is 10.00. The van der Waals surface area contributed by atoms with E-state index >= 15 is 0 Å². The number of nitrogens with zero attached hydrogens (tertiary/aromatic N) is 2. The van der Waals surface area contributed by atoms with Gasteiger partial charge in [-0.15, -0.1) is 0 Å². The number of nitrogen functional groups attached to an aromatic ring is 1. The molecule has 2 aromatic carbocycles. The monoisotopic (exact) mass is 445 g/mol. The number of hydrogen-bond acceptors (Lipinski definition) is 8. The number of phenolic OH excluding ortho intramolecular Hbond substituents is 1. The van der Waals surface area contributed by atoms with E-state index in [1.807, 2.05) is 19.1 Å². The number of carbonyl (C=O) groups is 2. The van der Waals surface area contributed by atoms with E-state index in [9.17, 15) is 30.2 Å². The number of aliphatic hydroxyl groups is 1. The van der Waals surface area contributed by atoms with Crippen molar-refractivity contribution in [1.82, 2.24) is 4.98 Å². The Morgan fingerprint density at radius 3 is 2.64 bits per heavy atom. The van der Waals surface area contributed by atoms with Gasteiger partial charge in [0.05, 0.1) is 5.69 Å². The number of aromatic nitrogens is 1. The van der Waals surface area contributed by atoms with Crippen molar-refractivity contribution in [3.8, 4) is 34.2 Å². The smallest absolute Gasteiger partial charge is 0.253 e. The highest BCUT2D eigenvalue weighted by molar-refractivity contribution is 5.95. The SMILES string of the molecule is Cc1cccc(O)c1-c1cc(-c2cccc(NC(=O)C(O)CCC(=O)[O-])c2)c(C#N)c(N)n1. The Hall–Kier alpha value is -4.42. The van der Waals surface area contributed by atoms with Crippen LogP contribution >= 0.6 is 0 Å². The third-order valence-electron chi connectivity index (χ3n) is 5.03. The lowest BCUT2D eigenvalue weighted by Crippen LogP contribution is -2.30. The second-order valence-corrected chi connectivity index (χ2v) is 7.39. The summed E-state index contributed by atoms with van der Waals surface area (Å²) >= 11 is 0. The first-order chi connectivity index (χ1) is 15.7. The highest BCUT2D eigenvalue weighted by Gasteiger charge is 2.18. The molecule has 5 N–H and O–H groups in total. The van der Waals surface area contributed by atoms with Crippen LogP contribution in [-0.2, 0) is 9.59 Å². The van der Waals surface area contributed by atoms with Crippen LogP contribution < -0.4 is 16.2 Å². The minimum atomic E-state index is -1.52. The quantitative estimate of drug-likeness (QED) is 0.425. The van der Waals surface area contributed by atoms with E-state index in [0.717, 1.165) is 5.56 Å². The predicted octanol–water partition coefficient (Wildman–Crippen LogP) is 1.71. The lowest BCUT2D eigenvalue weighted by Gasteiger charge is -2.15. The van der Waals surface area contributed by atoms with E-state index in [1.54, 1.807) is 36.4 Å². The maximum atomic E-state index is 12.2. The number of aliphatic hydroxyl groups excluding tert-OH is 1. The Labute approximate surface area is 189 Å². The average Bonchev–Trinajstić information content (AvgIpc) is 2.77. The summed E-state index contributed by atoms with van der Waals surface area (Å²) in [5.74, 6) is -2.13. The van der Waals surface area contributed by atoms with Crippen LogP contribution in [0.2, 0.25) is 0 Å². The zero-order valence-electron chi connectivity index (χ0n) is 17.7. The number of aliphatic carboxylic acids is 1. The summed E-state index contributed by atoms with van der Waals surface area (Å²) in [4.78, 5) is 27.0. The van der Waals surface area contributed by atoms with Gasteiger partial charge in [0.15, 0.2) is 0 Å². The Morgan fingerprint density at radius 2 is 1.97 bits per heavy atom. The van der Waals surface area contributed by atoms with E-state index in [1.165, 1.54) is 6.07 Å². The normalized spacial score (nSPS) is 11.4. The summed E-state index contributed by atoms with van der Waals surface area (Å²) in [5, 5.41) is 42.9. The van der Waals surface area contributed by atoms with Gasteiger partial charge in [0.1, 0.15) is 29.3 Å². The van der Waals surface area contributed by atoms with Gasteiger partial charge in [-0.05, 0) is 55.2 Å². The molecule has 1 aromatic heterocycles. The summed E-state index contributed by atoms with van der Waals surface area (Å²) in [5.41, 5.74) is 9.11. The van der Waals surface area contributed by atoms with Crippen molar-refractivity contribution in [2.45, 2.75) is 25.9 Å². The van der Waals surface area contributed by atoms with Crippen LogP contribution in [0.5, 0.6) is 5.75 Å². The fourth-order valence-electron chi connectivity index (χ4n) is 3.40. The fraction of sp³-hybridized carbons (Fsp3) is 0.167. The molecule has 0 aliphatic carbocycles. The van der Waals surface area contributed by atoms with Crippen molar-refractivity contribution in [2.75, 3.05) is 11.1 Å². The molecule has 9 heteroatoms. The van der Waals surface area contributed by atoms with Gasteiger partial charge < -0.3 is 31.2 Å². The molecule has 3 rings (SSSR count). The van der Waals surface area contributed by atoms with Gasteiger partial charge in [-0.3, -0.25) is 4.79 Å². The summed E-state index contributed by atoms with van der Waals surface area (Å²) in [6.07, 6.45) is -2.25. The number of pyridine rings is 1. The topological polar surface area (TPSA) is 172 Å². The summed E-state index contributed by atoms with van der Waals surface area (Å²) in [6, 6.07) is 15.2. The number of rotatable bonds is 7. The zero-order valence-corrected chi connectivity index (χ0v) is 17.7. The number of nitrogens with two attached hydrogens (primary N) is 1. The Balaban J connectivity index is 2.00. The fourth-order valence-corrected chi connectivity index (χ4v) is 3.40. The predicted molar refractivity (Wildman–Crippen MR) is 120 cm³/mol. The molecule has 0 saturated heterocycles. The van der Waals surface area contributed by atoms with Crippen molar-refractivity contribution >= 4 is 23.4 Å². The van der Waals surface area contributed by atoms with Gasteiger partial charge in [-0.2, -0.15) is 5.26 Å². The molecule has 0 fully saturated rings. The van der Waals surface area contributed by atoms with Gasteiger partial charge in [0, 0.05) is 22.8 Å². The molecule has 1 amide bonds. The Morgan fingerprint density at radius 1 is 1.24 bits per heavy atom. The number of aryl methyl sites for hydroxylation is 1. The van der Waals surface area contributed by atoms with Crippen molar-refractivity contribution in [3.63, 3.8) is 0 Å². The number of hydrogen-bond donors (Lipinski definition) is 4. The molecule has 3 aromatic rings. The minimum absolute atomic E-state index is 0.0141. The lowest BCUT2D eigenvalue weighted by molar-refractivity contribution is -0.306. The second-order valence-electron chi connectivity index (χ2n) is 7.39. The van der Waals surface area contributed by atoms with Crippen molar-refractivity contribution < 1.29 is 24.9 Å². The van der Waals surface area contributed by atoms with Crippen LogP contribution in [-0.4, -0.2) is 33.2 Å². The highest BCUT2D eigenvalue weighted by atomic mass is 16.4. The molecule has 0 aliphatic heterocycles. The van der Waals surface area contributed by atoms with Crippen LogP contribution in [0.4, 0.5) is 11.5 Å². The van der Waals surface area contributed by atoms with Crippen LogP contribution in [0, 0.1) is 18.3 Å². The minimum Gasteiger partial charge on any atom is -0.550 e. The standard InChI is InChI=1S/C24H22N4O5/c1-13-4-2-7-19(29)22(13)18-11-16(17(12-25)23(26)28-18)14-5-3-6-15(10-14)27-24(33)20(30)8-9-21(31)32/h2-7,10-11,20,29-30H,8-9H2,1H3,(H2,26,28)(H,27,33)(H,31,32)/p-1. The number of carboxylic acids is 1. The van der Waals surface area contributed by atoms with Gasteiger partial charge in [-0.25, -0.2) is 4.98 Å². The molecule has 33 heavy (non-hydrogen) atoms. The number of anilines is 2. The molecule has 1 unspecified atom stereocenters. The molecular formula is C24H21N4O5-. The first kappa shape index (κ1) is 23.2. The van der Waals surface area contributed by atoms with Crippen LogP contribution in [0.15, 0.2) is 48.5 Å². The third kappa shape index (κ3) is 5.26. The van der Waals surface area contributed by atoms with Crippen molar-refractivity contribution in [1.29, 1.82) is 5.26 Å². The molecule has 0 aliphatic rings. The highest BCUT2D eigenvalue weighted by Crippen LogP contribution is 2.36. The number of phenols is 1. The maximum absolute atomic E-state index is 12.2. The number of nitriles is 1. The second kappa shape index (κ2) is 9.80. The van der Waals surface area contributed by atoms with Gasteiger partial charge in [0.2, 0.25) is 0 Å². The van der Waals surface area contributed by atoms with E-state index in [-0.39, 0.29) is 23.6 Å². The average molecular weight is 445 g/mol. The number of carboxylic acid groups (broad SMARTS) is 1. The molecular weight excluding hydrogens is 424 g/mol. The molecule has 1 atom stereocenters. The zero-order chi connectivity index (χ0) is 24.1. The van der Waals surface area contributed by atoms with Crippen LogP contribution in [0.25, 0.3) is 22.4 Å². The molecule has 9 nitrogen and oxygen atoms in total. The summed E-state index contributed by atoms with van der Waals surface area (Å²) in [7, 11) is 0. The number of nitrogens with one attached hydrogen (secondary N) is 1. The molecule has 168 valence electrons. The van der Waals surface area contributed by atoms with Crippen LogP contribution in [0.1, 0.15) is 24.0 Å². The summed E-state index contributed by atoms with van der Waals surface area (Å²) in [6.45, 7) is 1.81. The molecule has 0 spiro atoms. The largest absolute Gasteiger partial charge is 0.550 e. The van der Waals surface area contributed by atoms with E-state index < -0.39 is 24.4 Å². The molecule has 1 heterocycles. The van der Waals surface area contributed by atoms with Gasteiger partial charge in [0.25, 0.3) is 5.91 Å². The van der Waals surface area contributed by atoms with E-state index in [0.29, 0.717) is 28.1 Å². The van der Waals surface area contributed by atoms with Crippen molar-refractivity contribution in [2.24, 2.45) is 0 Å². The van der Waals surface area contributed by atoms with Crippen molar-refractivity contribution in [3.05, 3.63) is 59.7 Å². The first-order valence-electron chi connectivity index (χ1n) is 10.00. The molecule has 0 radical (unpaired) electrons. The Kier molecular flexibility index (Phi) is 6.91. The lowest BCUT2D eigenvalue weighted by atomic mass is 9.96. The number of benzene rings is 2. The van der Waals surface area contributed by atoms with Crippen LogP contribution in [0.3, 0.4) is 0 Å². The third-order valence-corrected chi connectivity index (χ3v) is 5.03. The maximum Gasteiger partial charge on any atom is 0.253 e. The number of aromatic hydroxyl groups is 1. The molecule has 0 bridgehead atoms. The van der Waals surface area contributed by atoms with Gasteiger partial charge in [-0.1, -0.05) is 24.3 Å². The van der Waals surface area contributed by atoms with E-state index in [4.69, 9.17) is 5.73 Å².